The molecule has 6 heteroatoms. The molecule has 3 N–H and O–H groups in total. The number of nitrogens with zero attached hydrogens (tertiary/aromatic N) is 2. The number of aromatic nitrogens is 2. The molecule has 0 atom stereocenters. The van der Waals surface area contributed by atoms with Gasteiger partial charge in [0, 0.05) is 0 Å². The molecule has 0 saturated heterocycles. The lowest BCUT2D eigenvalue weighted by Gasteiger charge is -1.98. The Hall–Kier alpha value is -2.34. The third-order valence-electron chi connectivity index (χ3n) is 2.99. The third-order valence-corrected chi connectivity index (χ3v) is 3.63. The molecule has 0 bridgehead atoms. The molecule has 106 valence electrons. The van der Waals surface area contributed by atoms with Crippen molar-refractivity contribution < 1.29 is 5.11 Å². The predicted octanol–water partition coefficient (Wildman–Crippen LogP) is 3.79. The molecule has 3 rings (SSSR count). The number of aromatic amines is 1. The molecular weight excluding hydrogens is 332 g/mol. The van der Waals surface area contributed by atoms with Crippen molar-refractivity contribution >= 4 is 39.1 Å². The van der Waals surface area contributed by atoms with E-state index in [0.29, 0.717) is 10.4 Å². The van der Waals surface area contributed by atoms with Gasteiger partial charge in [-0.15, -0.1) is 0 Å². The average molecular weight is 345 g/mol. The Kier molecular flexibility index (Phi) is 3.62. The van der Waals surface area contributed by atoms with Crippen LogP contribution in [0.5, 0.6) is 5.75 Å². The van der Waals surface area contributed by atoms with E-state index in [1.165, 1.54) is 5.56 Å². The van der Waals surface area contributed by atoms with Gasteiger partial charge >= 0.3 is 0 Å². The fraction of sp³-hybridized carbons (Fsp3) is 0.0667. The highest BCUT2D eigenvalue weighted by atomic mass is 79.9. The van der Waals surface area contributed by atoms with E-state index in [9.17, 15) is 5.11 Å². The molecule has 0 aliphatic carbocycles. The van der Waals surface area contributed by atoms with Crippen molar-refractivity contribution in [2.45, 2.75) is 6.92 Å². The Morgan fingerprint density at radius 2 is 2.14 bits per heavy atom. The predicted molar refractivity (Wildman–Crippen MR) is 87.9 cm³/mol. The van der Waals surface area contributed by atoms with Gasteiger partial charge in [0.1, 0.15) is 5.75 Å². The van der Waals surface area contributed by atoms with E-state index in [-0.39, 0.29) is 5.75 Å². The molecule has 0 fully saturated rings. The van der Waals surface area contributed by atoms with Crippen LogP contribution in [0.15, 0.2) is 46.0 Å². The third kappa shape index (κ3) is 3.05. The van der Waals surface area contributed by atoms with Crippen LogP contribution >= 0.6 is 15.9 Å². The van der Waals surface area contributed by atoms with Crippen LogP contribution in [-0.4, -0.2) is 21.3 Å². The molecule has 0 aliphatic heterocycles. The number of anilines is 1. The van der Waals surface area contributed by atoms with Gasteiger partial charge in [-0.05, 0) is 64.3 Å². The van der Waals surface area contributed by atoms with Gasteiger partial charge in [-0.2, -0.15) is 5.10 Å². The van der Waals surface area contributed by atoms with Crippen LogP contribution in [0.2, 0.25) is 0 Å². The van der Waals surface area contributed by atoms with E-state index >= 15 is 0 Å². The number of hydrogen-bond acceptors (Lipinski definition) is 4. The number of aromatic hydroxyl groups is 1. The number of rotatable bonds is 3. The monoisotopic (exact) mass is 344 g/mol. The average Bonchev–Trinajstić information content (AvgIpc) is 2.84. The first-order valence-electron chi connectivity index (χ1n) is 6.36. The summed E-state index contributed by atoms with van der Waals surface area (Å²) >= 11 is 3.26. The van der Waals surface area contributed by atoms with E-state index in [1.807, 2.05) is 25.1 Å². The molecular formula is C15H13BrN4O. The fourth-order valence-electron chi connectivity index (χ4n) is 1.95. The van der Waals surface area contributed by atoms with Gasteiger partial charge in [0.05, 0.1) is 21.7 Å². The van der Waals surface area contributed by atoms with Crippen LogP contribution in [0.4, 0.5) is 5.95 Å². The zero-order valence-electron chi connectivity index (χ0n) is 11.3. The number of benzene rings is 2. The minimum Gasteiger partial charge on any atom is -0.507 e. The first-order valence-corrected chi connectivity index (χ1v) is 7.15. The maximum absolute atomic E-state index is 9.43. The van der Waals surface area contributed by atoms with Crippen molar-refractivity contribution in [3.63, 3.8) is 0 Å². The van der Waals surface area contributed by atoms with E-state index in [1.54, 1.807) is 24.4 Å². The lowest BCUT2D eigenvalue weighted by Crippen LogP contribution is -1.92. The van der Waals surface area contributed by atoms with E-state index in [4.69, 9.17) is 0 Å². The number of hydrogen-bond donors (Lipinski definition) is 3. The molecule has 0 aliphatic rings. The normalized spacial score (nSPS) is 11.3. The fourth-order valence-corrected chi connectivity index (χ4v) is 2.34. The zero-order valence-corrected chi connectivity index (χ0v) is 12.8. The number of imidazole rings is 1. The largest absolute Gasteiger partial charge is 0.507 e. The number of nitrogens with one attached hydrogen (secondary N) is 2. The lowest BCUT2D eigenvalue weighted by molar-refractivity contribution is 0.472. The van der Waals surface area contributed by atoms with Gasteiger partial charge in [0.25, 0.3) is 0 Å². The molecule has 0 spiro atoms. The Morgan fingerprint density at radius 1 is 1.29 bits per heavy atom. The van der Waals surface area contributed by atoms with Crippen LogP contribution in [0.1, 0.15) is 11.1 Å². The topological polar surface area (TPSA) is 73.3 Å². The summed E-state index contributed by atoms with van der Waals surface area (Å²) < 4.78 is 0.630. The van der Waals surface area contributed by atoms with E-state index in [2.05, 4.69) is 36.4 Å². The summed E-state index contributed by atoms with van der Waals surface area (Å²) in [6.07, 6.45) is 1.66. The quantitative estimate of drug-likeness (QED) is 0.500. The van der Waals surface area contributed by atoms with Gasteiger partial charge in [-0.1, -0.05) is 6.07 Å². The highest BCUT2D eigenvalue weighted by Crippen LogP contribution is 2.23. The molecule has 1 aromatic heterocycles. The Morgan fingerprint density at radius 3 is 2.95 bits per heavy atom. The van der Waals surface area contributed by atoms with Crippen molar-refractivity contribution in [2.24, 2.45) is 5.10 Å². The molecule has 0 saturated carbocycles. The van der Waals surface area contributed by atoms with Crippen LogP contribution in [0.3, 0.4) is 0 Å². The summed E-state index contributed by atoms with van der Waals surface area (Å²) in [5.41, 5.74) is 6.76. The molecule has 21 heavy (non-hydrogen) atoms. The molecule has 1 heterocycles. The van der Waals surface area contributed by atoms with Crippen LogP contribution < -0.4 is 5.43 Å². The molecule has 2 aromatic carbocycles. The van der Waals surface area contributed by atoms with Crippen molar-refractivity contribution in [1.82, 2.24) is 9.97 Å². The van der Waals surface area contributed by atoms with Crippen molar-refractivity contribution in [3.8, 4) is 5.75 Å². The summed E-state index contributed by atoms with van der Waals surface area (Å²) in [7, 11) is 0. The van der Waals surface area contributed by atoms with E-state index < -0.39 is 0 Å². The van der Waals surface area contributed by atoms with Crippen molar-refractivity contribution in [1.29, 1.82) is 0 Å². The number of halogens is 1. The highest BCUT2D eigenvalue weighted by molar-refractivity contribution is 9.10. The van der Waals surface area contributed by atoms with Gasteiger partial charge in [-0.3, -0.25) is 0 Å². The first-order chi connectivity index (χ1) is 10.1. The first kappa shape index (κ1) is 13.6. The summed E-state index contributed by atoms with van der Waals surface area (Å²) in [5, 5.41) is 13.6. The number of aryl methyl sites for hydroxylation is 1. The summed E-state index contributed by atoms with van der Waals surface area (Å²) in [4.78, 5) is 7.54. The Bertz CT molecular complexity index is 826. The molecule has 5 nitrogen and oxygen atoms in total. The Labute approximate surface area is 129 Å². The summed E-state index contributed by atoms with van der Waals surface area (Å²) in [5.74, 6) is 0.789. The van der Waals surface area contributed by atoms with Gasteiger partial charge in [0.15, 0.2) is 0 Å². The maximum atomic E-state index is 9.43. The van der Waals surface area contributed by atoms with Crippen LogP contribution in [0.25, 0.3) is 11.0 Å². The zero-order chi connectivity index (χ0) is 14.8. The molecule has 3 aromatic rings. The standard InChI is InChI=1S/C15H13BrN4O/c1-9-2-4-12-13(6-9)19-15(18-12)20-17-8-10-3-5-14(21)11(16)7-10/h2-8,21H,1H3,(H2,18,19,20)/b17-8-. The molecule has 0 unspecified atom stereocenters. The summed E-state index contributed by atoms with van der Waals surface area (Å²) in [6, 6.07) is 11.2. The molecule has 0 amide bonds. The van der Waals surface area contributed by atoms with Crippen molar-refractivity contribution in [2.75, 3.05) is 5.43 Å². The van der Waals surface area contributed by atoms with Gasteiger partial charge in [0.2, 0.25) is 5.95 Å². The van der Waals surface area contributed by atoms with Crippen molar-refractivity contribution in [3.05, 3.63) is 52.0 Å². The number of fused-ring (bicyclic) bond motifs is 1. The highest BCUT2D eigenvalue weighted by Gasteiger charge is 2.01. The number of phenols is 1. The van der Waals surface area contributed by atoms with Gasteiger partial charge < -0.3 is 10.1 Å². The number of phenolic OH excluding ortho intramolecular Hbond substituents is 1. The summed E-state index contributed by atoms with van der Waals surface area (Å²) in [6.45, 7) is 2.04. The van der Waals surface area contributed by atoms with E-state index in [0.717, 1.165) is 16.6 Å². The minimum atomic E-state index is 0.202. The second-order valence-electron chi connectivity index (χ2n) is 4.69. The molecule has 0 radical (unpaired) electrons. The van der Waals surface area contributed by atoms with Crippen LogP contribution in [0, 0.1) is 6.92 Å². The minimum absolute atomic E-state index is 0.202. The SMILES string of the molecule is Cc1ccc2nc(N/N=C\c3ccc(O)c(Br)c3)[nH]c2c1. The Balaban J connectivity index is 1.76. The van der Waals surface area contributed by atoms with Gasteiger partial charge in [-0.25, -0.2) is 10.4 Å². The lowest BCUT2D eigenvalue weighted by atomic mass is 10.2. The second kappa shape index (κ2) is 5.57. The maximum Gasteiger partial charge on any atom is 0.222 e. The number of H-pyrrole nitrogens is 1. The van der Waals surface area contributed by atoms with Crippen LogP contribution in [-0.2, 0) is 0 Å². The smallest absolute Gasteiger partial charge is 0.222 e. The second-order valence-corrected chi connectivity index (χ2v) is 5.54. The number of hydrazone groups is 1.